The van der Waals surface area contributed by atoms with Crippen LogP contribution < -0.4 is 5.32 Å². The molecular formula is C16H16F7NO4. The van der Waals surface area contributed by atoms with Crippen molar-refractivity contribution in [2.24, 2.45) is 0 Å². The molecular weight excluding hydrogens is 403 g/mol. The predicted octanol–water partition coefficient (Wildman–Crippen LogP) is 2.93. The first-order valence-corrected chi connectivity index (χ1v) is 7.69. The summed E-state index contributed by atoms with van der Waals surface area (Å²) < 4.78 is 93.6. The second kappa shape index (κ2) is 8.76. The molecule has 0 radical (unpaired) electrons. The lowest BCUT2D eigenvalue weighted by atomic mass is 9.98. The van der Waals surface area contributed by atoms with E-state index in [-0.39, 0.29) is 5.56 Å². The van der Waals surface area contributed by atoms with Gasteiger partial charge < -0.3 is 15.2 Å². The summed E-state index contributed by atoms with van der Waals surface area (Å²) in [7, 11) is 0.882. The van der Waals surface area contributed by atoms with Crippen molar-refractivity contribution in [1.29, 1.82) is 0 Å². The molecule has 0 aliphatic carbocycles. The van der Waals surface area contributed by atoms with Crippen molar-refractivity contribution >= 4 is 11.9 Å². The Bertz CT molecular complexity index is 679. The average Bonchev–Trinajstić information content (AvgIpc) is 2.63. The van der Waals surface area contributed by atoms with Crippen LogP contribution in [0.3, 0.4) is 0 Å². The second-order valence-corrected chi connectivity index (χ2v) is 5.70. The molecule has 2 N–H and O–H groups in total. The monoisotopic (exact) mass is 419 g/mol. The molecule has 0 unspecified atom stereocenters. The Morgan fingerprint density at radius 1 is 1.04 bits per heavy atom. The fourth-order valence-corrected chi connectivity index (χ4v) is 2.13. The maximum Gasteiger partial charge on any atom is 0.459 e. The number of amides is 1. The molecule has 0 saturated carbocycles. The van der Waals surface area contributed by atoms with E-state index in [2.05, 4.69) is 10.1 Å². The molecule has 28 heavy (non-hydrogen) atoms. The van der Waals surface area contributed by atoms with E-state index in [1.807, 2.05) is 0 Å². The van der Waals surface area contributed by atoms with Gasteiger partial charge in [0.2, 0.25) is 0 Å². The van der Waals surface area contributed by atoms with E-state index in [0.29, 0.717) is 0 Å². The van der Waals surface area contributed by atoms with Gasteiger partial charge in [-0.05, 0) is 25.0 Å². The van der Waals surface area contributed by atoms with Crippen molar-refractivity contribution in [3.05, 3.63) is 35.9 Å². The Morgan fingerprint density at radius 2 is 1.57 bits per heavy atom. The zero-order valence-electron chi connectivity index (χ0n) is 14.3. The minimum atomic E-state index is -6.60. The van der Waals surface area contributed by atoms with E-state index in [9.17, 15) is 45.4 Å². The number of carbonyl (C=O) groups excluding carboxylic acids is 2. The van der Waals surface area contributed by atoms with Gasteiger partial charge in [-0.2, -0.15) is 30.7 Å². The van der Waals surface area contributed by atoms with Crippen molar-refractivity contribution in [1.82, 2.24) is 5.32 Å². The van der Waals surface area contributed by atoms with Crippen LogP contribution in [0.2, 0.25) is 0 Å². The Hall–Kier alpha value is -2.37. The molecule has 1 rings (SSSR count). The van der Waals surface area contributed by atoms with Crippen LogP contribution in [0.4, 0.5) is 30.7 Å². The summed E-state index contributed by atoms with van der Waals surface area (Å²) in [6, 6.07) is 5.56. The average molecular weight is 419 g/mol. The minimum absolute atomic E-state index is 0.0610. The van der Waals surface area contributed by atoms with Crippen LogP contribution >= 0.6 is 0 Å². The van der Waals surface area contributed by atoms with Gasteiger partial charge in [0.25, 0.3) is 5.91 Å². The highest BCUT2D eigenvalue weighted by Gasteiger charge is 2.75. The summed E-state index contributed by atoms with van der Waals surface area (Å²) in [5.41, 5.74) is 0.0610. The van der Waals surface area contributed by atoms with Gasteiger partial charge >= 0.3 is 24.0 Å². The van der Waals surface area contributed by atoms with Crippen LogP contribution in [0, 0.1) is 0 Å². The number of rotatable bonds is 8. The van der Waals surface area contributed by atoms with E-state index in [1.165, 1.54) is 24.3 Å². The lowest BCUT2D eigenvalue weighted by molar-refractivity contribution is -0.371. The molecule has 0 saturated heterocycles. The van der Waals surface area contributed by atoms with E-state index < -0.39 is 54.9 Å². The number of halogens is 7. The number of aliphatic hydroxyl groups excluding tert-OH is 1. The summed E-state index contributed by atoms with van der Waals surface area (Å²) in [6.07, 6.45) is -12.3. The SMILES string of the molecule is COC(=O)[C@@H](CC[C@H](O)C(F)(F)C(F)(F)C(F)(F)F)NC(=O)c1ccccc1. The minimum Gasteiger partial charge on any atom is -0.467 e. The lowest BCUT2D eigenvalue weighted by Gasteiger charge is -2.31. The van der Waals surface area contributed by atoms with E-state index >= 15 is 0 Å². The predicted molar refractivity (Wildman–Crippen MR) is 80.9 cm³/mol. The second-order valence-electron chi connectivity index (χ2n) is 5.70. The summed E-state index contributed by atoms with van der Waals surface area (Å²) in [5.74, 6) is -14.4. The maximum atomic E-state index is 13.4. The molecule has 0 bridgehead atoms. The molecule has 158 valence electrons. The van der Waals surface area contributed by atoms with Crippen molar-refractivity contribution in [2.45, 2.75) is 43.0 Å². The molecule has 0 fully saturated rings. The molecule has 0 aliphatic heterocycles. The molecule has 1 amide bonds. The normalized spacial score (nSPS) is 14.9. The molecule has 0 aromatic heterocycles. The first-order chi connectivity index (χ1) is 12.8. The van der Waals surface area contributed by atoms with Gasteiger partial charge in [0.15, 0.2) is 0 Å². The standard InChI is InChI=1S/C16H16F7NO4/c1-28-13(27)10(24-12(26)9-5-3-2-4-6-9)7-8-11(25)14(17,18)15(19,20)16(21,22)23/h2-6,10-11,25H,7-8H2,1H3,(H,24,26)/t10-,11+/m1/s1. The largest absolute Gasteiger partial charge is 0.467 e. The first-order valence-electron chi connectivity index (χ1n) is 7.69. The highest BCUT2D eigenvalue weighted by molar-refractivity contribution is 5.96. The smallest absolute Gasteiger partial charge is 0.459 e. The van der Waals surface area contributed by atoms with Crippen molar-refractivity contribution < 1.29 is 50.2 Å². The highest BCUT2D eigenvalue weighted by Crippen LogP contribution is 2.48. The Kier molecular flexibility index (Phi) is 7.40. The third kappa shape index (κ3) is 5.12. The molecule has 0 heterocycles. The van der Waals surface area contributed by atoms with Crippen LogP contribution in [0.25, 0.3) is 0 Å². The van der Waals surface area contributed by atoms with Crippen molar-refractivity contribution in [3.63, 3.8) is 0 Å². The van der Waals surface area contributed by atoms with Crippen molar-refractivity contribution in [3.8, 4) is 0 Å². The van der Waals surface area contributed by atoms with Crippen LogP contribution in [0.15, 0.2) is 30.3 Å². The number of benzene rings is 1. The molecule has 0 aliphatic rings. The zero-order chi connectivity index (χ0) is 21.8. The molecule has 12 heteroatoms. The summed E-state index contributed by atoms with van der Waals surface area (Å²) in [5, 5.41) is 11.3. The zero-order valence-corrected chi connectivity index (χ0v) is 14.3. The topological polar surface area (TPSA) is 75.6 Å². The number of hydrogen-bond donors (Lipinski definition) is 2. The van der Waals surface area contributed by atoms with Gasteiger partial charge in [-0.3, -0.25) is 4.79 Å². The van der Waals surface area contributed by atoms with Crippen LogP contribution in [-0.2, 0) is 9.53 Å². The van der Waals surface area contributed by atoms with Gasteiger partial charge in [0.1, 0.15) is 12.1 Å². The maximum absolute atomic E-state index is 13.4. The Morgan fingerprint density at radius 3 is 2.04 bits per heavy atom. The number of carbonyl (C=O) groups is 2. The molecule has 5 nitrogen and oxygen atoms in total. The first kappa shape index (κ1) is 23.7. The van der Waals surface area contributed by atoms with E-state index in [4.69, 9.17) is 0 Å². The molecule has 1 aromatic rings. The molecule has 0 spiro atoms. The summed E-state index contributed by atoms with van der Waals surface area (Å²) in [6.45, 7) is 0. The number of aliphatic hydroxyl groups is 1. The number of methoxy groups -OCH3 is 1. The third-order valence-electron chi connectivity index (χ3n) is 3.75. The quantitative estimate of drug-likeness (QED) is 0.502. The van der Waals surface area contributed by atoms with Crippen LogP contribution in [0.1, 0.15) is 23.2 Å². The summed E-state index contributed by atoms with van der Waals surface area (Å²) >= 11 is 0. The lowest BCUT2D eigenvalue weighted by Crippen LogP contribution is -2.58. The van der Waals surface area contributed by atoms with Gasteiger partial charge in [0, 0.05) is 5.56 Å². The number of hydrogen-bond acceptors (Lipinski definition) is 4. The van der Waals surface area contributed by atoms with Crippen LogP contribution in [0.5, 0.6) is 0 Å². The molecule has 1 aromatic carbocycles. The summed E-state index contributed by atoms with van der Waals surface area (Å²) in [4.78, 5) is 23.7. The van der Waals surface area contributed by atoms with Crippen molar-refractivity contribution in [2.75, 3.05) is 7.11 Å². The third-order valence-corrected chi connectivity index (χ3v) is 3.75. The van der Waals surface area contributed by atoms with E-state index in [1.54, 1.807) is 6.07 Å². The van der Waals surface area contributed by atoms with Gasteiger partial charge in [0.05, 0.1) is 7.11 Å². The number of alkyl halides is 7. The van der Waals surface area contributed by atoms with Crippen LogP contribution in [-0.4, -0.2) is 54.3 Å². The fraction of sp³-hybridized carbons (Fsp3) is 0.500. The molecule has 2 atom stereocenters. The fourth-order valence-electron chi connectivity index (χ4n) is 2.13. The number of esters is 1. The van der Waals surface area contributed by atoms with Gasteiger partial charge in [-0.15, -0.1) is 0 Å². The Balaban J connectivity index is 2.88. The van der Waals surface area contributed by atoms with Gasteiger partial charge in [-0.25, -0.2) is 4.79 Å². The highest BCUT2D eigenvalue weighted by atomic mass is 19.4. The Labute approximate surface area is 154 Å². The van der Waals surface area contributed by atoms with Gasteiger partial charge in [-0.1, -0.05) is 18.2 Å². The number of nitrogens with one attached hydrogen (secondary N) is 1. The number of ether oxygens (including phenoxy) is 1. The van der Waals surface area contributed by atoms with E-state index in [0.717, 1.165) is 7.11 Å².